The Hall–Kier alpha value is -1.66. The van der Waals surface area contributed by atoms with Gasteiger partial charge in [-0.3, -0.25) is 0 Å². The first-order chi connectivity index (χ1) is 9.61. The molecule has 6 heteroatoms. The number of hydrogen-bond donors (Lipinski definition) is 1. The number of para-hydroxylation sites is 1. The molecule has 1 aromatic heterocycles. The minimum Gasteiger partial charge on any atom is -0.241 e. The normalized spacial score (nSPS) is 11.7. The summed E-state index contributed by atoms with van der Waals surface area (Å²) in [6.07, 6.45) is 3.09. The molecule has 2 aromatic rings. The third-order valence-electron chi connectivity index (χ3n) is 2.84. The predicted octanol–water partition coefficient (Wildman–Crippen LogP) is 1.74. The maximum Gasteiger partial charge on any atom is 0.211 e. The average Bonchev–Trinajstić information content (AvgIpc) is 2.88. The molecule has 0 fully saturated rings. The summed E-state index contributed by atoms with van der Waals surface area (Å²) in [4.78, 5) is 0. The predicted molar refractivity (Wildman–Crippen MR) is 79.3 cm³/mol. The molecule has 1 aromatic carbocycles. The molecular formula is C14H19N3O2S. The Labute approximate surface area is 119 Å². The maximum atomic E-state index is 11.5. The van der Waals surface area contributed by atoms with E-state index in [1.54, 1.807) is 4.68 Å². The summed E-state index contributed by atoms with van der Waals surface area (Å²) < 4.78 is 27.4. The molecule has 0 atom stereocenters. The monoisotopic (exact) mass is 293 g/mol. The van der Waals surface area contributed by atoms with Crippen molar-refractivity contribution in [2.45, 2.75) is 19.8 Å². The van der Waals surface area contributed by atoms with Crippen molar-refractivity contribution in [1.29, 1.82) is 0 Å². The highest BCUT2D eigenvalue weighted by Gasteiger charge is 2.08. The fraction of sp³-hybridized carbons (Fsp3) is 0.357. The zero-order valence-corrected chi connectivity index (χ0v) is 12.3. The van der Waals surface area contributed by atoms with Crippen molar-refractivity contribution in [3.8, 4) is 5.69 Å². The fourth-order valence-electron chi connectivity index (χ4n) is 1.90. The number of benzene rings is 1. The van der Waals surface area contributed by atoms with Gasteiger partial charge in [0.05, 0.1) is 17.1 Å². The quantitative estimate of drug-likeness (QED) is 0.846. The molecule has 0 aliphatic carbocycles. The Bertz CT molecular complexity index is 635. The van der Waals surface area contributed by atoms with E-state index < -0.39 is 10.0 Å². The molecule has 0 amide bonds. The summed E-state index contributed by atoms with van der Waals surface area (Å²) in [6, 6.07) is 11.7. The molecule has 20 heavy (non-hydrogen) atoms. The van der Waals surface area contributed by atoms with Gasteiger partial charge in [0.15, 0.2) is 0 Å². The van der Waals surface area contributed by atoms with Crippen LogP contribution in [-0.4, -0.2) is 30.5 Å². The summed E-state index contributed by atoms with van der Waals surface area (Å²) in [5, 5.41) is 4.43. The van der Waals surface area contributed by atoms with Gasteiger partial charge in [-0.1, -0.05) is 25.1 Å². The maximum absolute atomic E-state index is 11.5. The number of hydrogen-bond acceptors (Lipinski definition) is 3. The van der Waals surface area contributed by atoms with Gasteiger partial charge in [-0.15, -0.1) is 0 Å². The van der Waals surface area contributed by atoms with E-state index in [2.05, 4.69) is 9.82 Å². The second-order valence-electron chi connectivity index (χ2n) is 4.55. The number of nitrogens with zero attached hydrogens (tertiary/aromatic N) is 2. The summed E-state index contributed by atoms with van der Waals surface area (Å²) in [6.45, 7) is 2.23. The topological polar surface area (TPSA) is 64.0 Å². The van der Waals surface area contributed by atoms with Crippen molar-refractivity contribution in [2.75, 3.05) is 12.3 Å². The van der Waals surface area contributed by atoms with Gasteiger partial charge in [0, 0.05) is 19.2 Å². The van der Waals surface area contributed by atoms with E-state index in [0.29, 0.717) is 19.4 Å². The summed E-state index contributed by atoms with van der Waals surface area (Å²) in [5.41, 5.74) is 1.86. The third-order valence-corrected chi connectivity index (χ3v) is 4.43. The van der Waals surface area contributed by atoms with E-state index in [0.717, 1.165) is 11.4 Å². The Morgan fingerprint density at radius 2 is 1.95 bits per heavy atom. The molecule has 2 rings (SSSR count). The van der Waals surface area contributed by atoms with Gasteiger partial charge in [0.1, 0.15) is 0 Å². The molecule has 0 saturated heterocycles. The molecule has 5 nitrogen and oxygen atoms in total. The van der Waals surface area contributed by atoms with E-state index in [1.807, 2.05) is 49.5 Å². The molecule has 0 aliphatic heterocycles. The molecule has 0 radical (unpaired) electrons. The van der Waals surface area contributed by atoms with Crippen molar-refractivity contribution in [3.05, 3.63) is 48.3 Å². The van der Waals surface area contributed by atoms with E-state index in [-0.39, 0.29) is 5.75 Å². The highest BCUT2D eigenvalue weighted by atomic mass is 32.2. The van der Waals surface area contributed by atoms with Crippen LogP contribution in [-0.2, 0) is 16.4 Å². The van der Waals surface area contributed by atoms with Crippen molar-refractivity contribution in [2.24, 2.45) is 0 Å². The second kappa shape index (κ2) is 6.67. The lowest BCUT2D eigenvalue weighted by Crippen LogP contribution is -2.28. The molecule has 0 bridgehead atoms. The van der Waals surface area contributed by atoms with Gasteiger partial charge in [-0.2, -0.15) is 5.10 Å². The van der Waals surface area contributed by atoms with Crippen molar-refractivity contribution < 1.29 is 8.42 Å². The zero-order chi connectivity index (χ0) is 14.4. The van der Waals surface area contributed by atoms with Crippen molar-refractivity contribution >= 4 is 10.0 Å². The SMILES string of the molecule is CCCS(=O)(=O)NCCc1ccn(-c2ccccc2)n1. The van der Waals surface area contributed by atoms with E-state index in [4.69, 9.17) is 0 Å². The van der Waals surface area contributed by atoms with Crippen LogP contribution in [0.5, 0.6) is 0 Å². The standard InChI is InChI=1S/C14H19N3O2S/c1-2-12-20(18,19)15-10-8-13-9-11-17(16-13)14-6-4-3-5-7-14/h3-7,9,11,15H,2,8,10,12H2,1H3. The average molecular weight is 293 g/mol. The highest BCUT2D eigenvalue weighted by molar-refractivity contribution is 7.89. The van der Waals surface area contributed by atoms with E-state index in [9.17, 15) is 8.42 Å². The lowest BCUT2D eigenvalue weighted by molar-refractivity contribution is 0.580. The molecule has 1 heterocycles. The Balaban J connectivity index is 1.91. The minimum atomic E-state index is -3.13. The van der Waals surface area contributed by atoms with E-state index >= 15 is 0 Å². The highest BCUT2D eigenvalue weighted by Crippen LogP contribution is 2.07. The molecule has 108 valence electrons. The Kier molecular flexibility index (Phi) is 4.92. The number of nitrogens with one attached hydrogen (secondary N) is 1. The molecular weight excluding hydrogens is 274 g/mol. The first kappa shape index (κ1) is 14.7. The fourth-order valence-corrected chi connectivity index (χ4v) is 2.99. The van der Waals surface area contributed by atoms with Gasteiger partial charge in [-0.05, 0) is 24.6 Å². The van der Waals surface area contributed by atoms with Gasteiger partial charge < -0.3 is 0 Å². The lowest BCUT2D eigenvalue weighted by atomic mass is 10.3. The smallest absolute Gasteiger partial charge is 0.211 e. The summed E-state index contributed by atoms with van der Waals surface area (Å²) >= 11 is 0. The van der Waals surface area contributed by atoms with E-state index in [1.165, 1.54) is 0 Å². The largest absolute Gasteiger partial charge is 0.241 e. The van der Waals surface area contributed by atoms with Crippen LogP contribution in [0.4, 0.5) is 0 Å². The molecule has 0 saturated carbocycles. The van der Waals surface area contributed by atoms with Gasteiger partial charge in [0.25, 0.3) is 0 Å². The summed E-state index contributed by atoms with van der Waals surface area (Å²) in [5.74, 6) is 0.172. The van der Waals surface area contributed by atoms with Crippen LogP contribution in [0.15, 0.2) is 42.6 Å². The molecule has 0 spiro atoms. The molecule has 0 unspecified atom stereocenters. The third kappa shape index (κ3) is 4.18. The van der Waals surface area contributed by atoms with Crippen molar-refractivity contribution in [3.63, 3.8) is 0 Å². The van der Waals surface area contributed by atoms with Crippen LogP contribution >= 0.6 is 0 Å². The number of rotatable bonds is 7. The van der Waals surface area contributed by atoms with Crippen LogP contribution in [0.2, 0.25) is 0 Å². The Morgan fingerprint density at radius 1 is 1.20 bits per heavy atom. The van der Waals surface area contributed by atoms with Gasteiger partial charge in [-0.25, -0.2) is 17.8 Å². The molecule has 0 aliphatic rings. The van der Waals surface area contributed by atoms with Crippen molar-refractivity contribution in [1.82, 2.24) is 14.5 Å². The lowest BCUT2D eigenvalue weighted by Gasteiger charge is -2.04. The first-order valence-corrected chi connectivity index (χ1v) is 8.33. The van der Waals surface area contributed by atoms with Crippen LogP contribution in [0.1, 0.15) is 19.0 Å². The second-order valence-corrected chi connectivity index (χ2v) is 6.48. The summed E-state index contributed by atoms with van der Waals surface area (Å²) in [7, 11) is -3.13. The van der Waals surface area contributed by atoms with Crippen LogP contribution < -0.4 is 4.72 Å². The van der Waals surface area contributed by atoms with Gasteiger partial charge >= 0.3 is 0 Å². The minimum absolute atomic E-state index is 0.172. The zero-order valence-electron chi connectivity index (χ0n) is 11.5. The van der Waals surface area contributed by atoms with Crippen LogP contribution in [0, 0.1) is 0 Å². The number of aromatic nitrogens is 2. The van der Waals surface area contributed by atoms with Crippen LogP contribution in [0.25, 0.3) is 5.69 Å². The first-order valence-electron chi connectivity index (χ1n) is 6.68. The molecule has 1 N–H and O–H groups in total. The Morgan fingerprint density at radius 3 is 2.65 bits per heavy atom. The van der Waals surface area contributed by atoms with Crippen LogP contribution in [0.3, 0.4) is 0 Å². The number of sulfonamides is 1. The van der Waals surface area contributed by atoms with Gasteiger partial charge in [0.2, 0.25) is 10.0 Å².